The van der Waals surface area contributed by atoms with Crippen LogP contribution < -0.4 is 4.90 Å². The number of Topliss-reactive ketones (excluding diaryl/α,β-unsaturated/α-hetero) is 1. The summed E-state index contributed by atoms with van der Waals surface area (Å²) in [5, 5.41) is 0. The lowest BCUT2D eigenvalue weighted by atomic mass is 10.2. The Morgan fingerprint density at radius 1 is 1.26 bits per heavy atom. The van der Waals surface area contributed by atoms with Gasteiger partial charge in [-0.25, -0.2) is 18.4 Å². The molecule has 1 aromatic heterocycles. The highest BCUT2D eigenvalue weighted by Crippen LogP contribution is 2.21. The van der Waals surface area contributed by atoms with Crippen LogP contribution in [0.2, 0.25) is 0 Å². The predicted octanol–water partition coefficient (Wildman–Crippen LogP) is 0.297. The average molecular weight is 338 g/mol. The number of aromatic nitrogens is 2. The van der Waals surface area contributed by atoms with Gasteiger partial charge in [0.25, 0.3) is 0 Å². The summed E-state index contributed by atoms with van der Waals surface area (Å²) in [5.74, 6) is 1.22. The molecule has 0 unspecified atom stereocenters. The molecule has 0 amide bonds. The van der Waals surface area contributed by atoms with E-state index in [9.17, 15) is 13.2 Å². The third-order valence-electron chi connectivity index (χ3n) is 4.67. The number of carbonyl (C=O) groups excluding carboxylic acids is 1. The van der Waals surface area contributed by atoms with Crippen molar-refractivity contribution in [3.05, 3.63) is 17.5 Å². The summed E-state index contributed by atoms with van der Waals surface area (Å²) in [5.41, 5.74) is 1.26. The van der Waals surface area contributed by atoms with Crippen LogP contribution >= 0.6 is 0 Å². The maximum atomic E-state index is 11.6. The quantitative estimate of drug-likeness (QED) is 0.733. The third-order valence-corrected chi connectivity index (χ3v) is 6.42. The van der Waals surface area contributed by atoms with E-state index in [0.29, 0.717) is 23.0 Å². The molecule has 1 aromatic rings. The van der Waals surface area contributed by atoms with E-state index in [1.165, 1.54) is 6.92 Å². The van der Waals surface area contributed by atoms with Crippen LogP contribution in [-0.2, 0) is 9.84 Å². The van der Waals surface area contributed by atoms with Crippen molar-refractivity contribution in [2.24, 2.45) is 0 Å². The number of anilines is 1. The smallest absolute Gasteiger partial charge is 0.225 e. The Balaban J connectivity index is 1.63. The molecule has 2 fully saturated rings. The molecule has 0 N–H and O–H groups in total. The molecular formula is C15H22N4O3S. The number of ketones is 1. The van der Waals surface area contributed by atoms with Crippen molar-refractivity contribution >= 4 is 21.6 Å². The number of hydrogen-bond acceptors (Lipinski definition) is 7. The first kappa shape index (κ1) is 16.3. The van der Waals surface area contributed by atoms with Crippen molar-refractivity contribution in [1.29, 1.82) is 0 Å². The average Bonchev–Trinajstić information content (AvgIpc) is 2.87. The van der Waals surface area contributed by atoms with Crippen molar-refractivity contribution in [2.75, 3.05) is 42.6 Å². The summed E-state index contributed by atoms with van der Waals surface area (Å²) >= 11 is 0. The van der Waals surface area contributed by atoms with Gasteiger partial charge < -0.3 is 4.90 Å². The summed E-state index contributed by atoms with van der Waals surface area (Å²) in [4.78, 5) is 24.6. The Morgan fingerprint density at radius 2 is 1.96 bits per heavy atom. The van der Waals surface area contributed by atoms with Crippen LogP contribution in [0.15, 0.2) is 6.20 Å². The first-order valence-corrected chi connectivity index (χ1v) is 9.72. The molecule has 3 heterocycles. The molecule has 2 aliphatic rings. The topological polar surface area (TPSA) is 83.5 Å². The number of sulfone groups is 1. The van der Waals surface area contributed by atoms with Gasteiger partial charge in [0.15, 0.2) is 15.6 Å². The molecule has 0 aliphatic carbocycles. The van der Waals surface area contributed by atoms with E-state index in [-0.39, 0.29) is 17.6 Å². The van der Waals surface area contributed by atoms with E-state index in [2.05, 4.69) is 19.8 Å². The van der Waals surface area contributed by atoms with Crippen LogP contribution in [0.5, 0.6) is 0 Å². The molecule has 2 aliphatic heterocycles. The minimum Gasteiger partial charge on any atom is -0.338 e. The zero-order valence-electron chi connectivity index (χ0n) is 13.5. The largest absolute Gasteiger partial charge is 0.338 e. The first-order chi connectivity index (χ1) is 10.9. The molecule has 0 spiro atoms. The second kappa shape index (κ2) is 6.16. The number of piperazine rings is 1. The fraction of sp³-hybridized carbons (Fsp3) is 0.667. The Labute approximate surface area is 136 Å². The van der Waals surface area contributed by atoms with Gasteiger partial charge in [0.05, 0.1) is 22.8 Å². The Bertz CT molecular complexity index is 711. The van der Waals surface area contributed by atoms with Crippen molar-refractivity contribution in [2.45, 2.75) is 26.3 Å². The van der Waals surface area contributed by atoms with Crippen molar-refractivity contribution in [1.82, 2.24) is 14.9 Å². The molecule has 126 valence electrons. The van der Waals surface area contributed by atoms with Crippen LogP contribution in [0.1, 0.15) is 29.4 Å². The molecule has 3 rings (SSSR count). The van der Waals surface area contributed by atoms with Crippen molar-refractivity contribution < 1.29 is 13.2 Å². The van der Waals surface area contributed by atoms with Crippen LogP contribution in [0, 0.1) is 6.92 Å². The van der Waals surface area contributed by atoms with Gasteiger partial charge in [-0.3, -0.25) is 9.69 Å². The number of aryl methyl sites for hydroxylation is 1. The van der Waals surface area contributed by atoms with Gasteiger partial charge in [0, 0.05) is 38.4 Å². The molecule has 0 radical (unpaired) electrons. The Hall–Kier alpha value is -1.54. The van der Waals surface area contributed by atoms with Crippen LogP contribution in [0.25, 0.3) is 0 Å². The SMILES string of the molecule is CC(=O)c1cnc(N2CCN([C@H]3CCS(=O)(=O)C3)CC2)nc1C. The van der Waals surface area contributed by atoms with E-state index in [0.717, 1.165) is 32.6 Å². The second-order valence-electron chi connectivity index (χ2n) is 6.31. The van der Waals surface area contributed by atoms with E-state index in [1.54, 1.807) is 6.20 Å². The third kappa shape index (κ3) is 3.53. The standard InChI is InChI=1S/C15H22N4O3S/c1-11-14(12(2)20)9-16-15(17-11)19-6-4-18(5-7-19)13-3-8-23(21,22)10-13/h9,13H,3-8,10H2,1-2H3/t13-/m0/s1. The molecule has 8 heteroatoms. The van der Waals surface area contributed by atoms with Gasteiger partial charge in [-0.05, 0) is 20.3 Å². The summed E-state index contributed by atoms with van der Waals surface area (Å²) in [6, 6.07) is 0.157. The Morgan fingerprint density at radius 3 is 2.48 bits per heavy atom. The minimum atomic E-state index is -2.84. The molecule has 0 saturated carbocycles. The van der Waals surface area contributed by atoms with Gasteiger partial charge in [-0.2, -0.15) is 0 Å². The fourth-order valence-electron chi connectivity index (χ4n) is 3.30. The molecule has 2 saturated heterocycles. The van der Waals surface area contributed by atoms with Crippen LogP contribution in [0.4, 0.5) is 5.95 Å². The van der Waals surface area contributed by atoms with E-state index in [4.69, 9.17) is 0 Å². The molecule has 7 nitrogen and oxygen atoms in total. The number of nitrogens with zero attached hydrogens (tertiary/aromatic N) is 4. The van der Waals surface area contributed by atoms with Gasteiger partial charge >= 0.3 is 0 Å². The van der Waals surface area contributed by atoms with E-state index >= 15 is 0 Å². The summed E-state index contributed by atoms with van der Waals surface area (Å²) < 4.78 is 23.2. The Kier molecular flexibility index (Phi) is 4.37. The monoisotopic (exact) mass is 338 g/mol. The highest BCUT2D eigenvalue weighted by atomic mass is 32.2. The molecule has 1 atom stereocenters. The van der Waals surface area contributed by atoms with Crippen molar-refractivity contribution in [3.8, 4) is 0 Å². The normalized spacial score (nSPS) is 24.8. The summed E-state index contributed by atoms with van der Waals surface area (Å²) in [7, 11) is -2.84. The lowest BCUT2D eigenvalue weighted by Gasteiger charge is -2.37. The first-order valence-electron chi connectivity index (χ1n) is 7.90. The second-order valence-corrected chi connectivity index (χ2v) is 8.53. The lowest BCUT2D eigenvalue weighted by molar-refractivity contribution is 0.101. The number of hydrogen-bond donors (Lipinski definition) is 0. The molecule has 23 heavy (non-hydrogen) atoms. The van der Waals surface area contributed by atoms with Gasteiger partial charge in [-0.15, -0.1) is 0 Å². The maximum absolute atomic E-state index is 11.6. The van der Waals surface area contributed by atoms with Crippen molar-refractivity contribution in [3.63, 3.8) is 0 Å². The van der Waals surface area contributed by atoms with Crippen LogP contribution in [-0.4, -0.2) is 72.8 Å². The van der Waals surface area contributed by atoms with Gasteiger partial charge in [0.2, 0.25) is 5.95 Å². The summed E-state index contributed by atoms with van der Waals surface area (Å²) in [6.45, 7) is 6.51. The zero-order valence-corrected chi connectivity index (χ0v) is 14.3. The minimum absolute atomic E-state index is 0.0266. The fourth-order valence-corrected chi connectivity index (χ4v) is 5.06. The van der Waals surface area contributed by atoms with Crippen LogP contribution in [0.3, 0.4) is 0 Å². The number of carbonyl (C=O) groups is 1. The summed E-state index contributed by atoms with van der Waals surface area (Å²) in [6.07, 6.45) is 2.33. The van der Waals surface area contributed by atoms with E-state index < -0.39 is 9.84 Å². The number of rotatable bonds is 3. The lowest BCUT2D eigenvalue weighted by Crippen LogP contribution is -2.51. The highest BCUT2D eigenvalue weighted by molar-refractivity contribution is 7.91. The van der Waals surface area contributed by atoms with E-state index in [1.807, 2.05) is 6.92 Å². The molecule has 0 aromatic carbocycles. The van der Waals surface area contributed by atoms with Gasteiger partial charge in [-0.1, -0.05) is 0 Å². The molecular weight excluding hydrogens is 316 g/mol. The predicted molar refractivity (Wildman–Crippen MR) is 87.6 cm³/mol. The maximum Gasteiger partial charge on any atom is 0.225 e. The highest BCUT2D eigenvalue weighted by Gasteiger charge is 2.34. The zero-order chi connectivity index (χ0) is 16.6. The van der Waals surface area contributed by atoms with Gasteiger partial charge in [0.1, 0.15) is 0 Å². The molecule has 0 bridgehead atoms.